The standard InChI is InChI=1S/C13H20O2/c1-12(2)7-8-9(12)4-5-13(3)11(15-13)6-10(8)14/h8-9,11H,4-7H2,1-3H3/t8-,9+,11-,13+/m0/s1. The predicted octanol–water partition coefficient (Wildman–Crippen LogP) is 2.56. The number of carbonyl (C=O) groups excluding carboxylic acids is 1. The van der Waals surface area contributed by atoms with Gasteiger partial charge in [0.2, 0.25) is 0 Å². The summed E-state index contributed by atoms with van der Waals surface area (Å²) in [4.78, 5) is 12.0. The van der Waals surface area contributed by atoms with E-state index in [2.05, 4.69) is 20.8 Å². The molecule has 0 aromatic heterocycles. The van der Waals surface area contributed by atoms with E-state index >= 15 is 0 Å². The second kappa shape index (κ2) is 2.65. The number of ketones is 1. The van der Waals surface area contributed by atoms with Gasteiger partial charge >= 0.3 is 0 Å². The average Bonchev–Trinajstić information content (AvgIpc) is 2.71. The van der Waals surface area contributed by atoms with Crippen LogP contribution in [0.5, 0.6) is 0 Å². The van der Waals surface area contributed by atoms with Crippen LogP contribution < -0.4 is 0 Å². The number of Topliss-reactive ketones (excluding diaryl/α,β-unsaturated/α-hetero) is 1. The summed E-state index contributed by atoms with van der Waals surface area (Å²) >= 11 is 0. The highest BCUT2D eigenvalue weighted by Crippen LogP contribution is 2.58. The number of ether oxygens (including phenoxy) is 1. The predicted molar refractivity (Wildman–Crippen MR) is 57.5 cm³/mol. The Balaban J connectivity index is 1.80. The fraction of sp³-hybridized carbons (Fsp3) is 0.923. The Morgan fingerprint density at radius 1 is 1.33 bits per heavy atom. The van der Waals surface area contributed by atoms with Crippen LogP contribution in [0.4, 0.5) is 0 Å². The number of fused-ring (bicyclic) bond motifs is 2. The van der Waals surface area contributed by atoms with Gasteiger partial charge in [-0.3, -0.25) is 4.79 Å². The van der Waals surface area contributed by atoms with Gasteiger partial charge in [-0.1, -0.05) is 13.8 Å². The van der Waals surface area contributed by atoms with Crippen molar-refractivity contribution in [2.24, 2.45) is 17.3 Å². The third-order valence-electron chi connectivity index (χ3n) is 5.02. The van der Waals surface area contributed by atoms with Crippen molar-refractivity contribution in [1.82, 2.24) is 0 Å². The second-order valence-corrected chi connectivity index (χ2v) is 6.53. The minimum atomic E-state index is 0.0479. The maximum absolute atomic E-state index is 12.0. The molecule has 3 fully saturated rings. The van der Waals surface area contributed by atoms with E-state index in [9.17, 15) is 4.79 Å². The van der Waals surface area contributed by atoms with Crippen molar-refractivity contribution in [3.8, 4) is 0 Å². The van der Waals surface area contributed by atoms with Crippen molar-refractivity contribution in [3.63, 3.8) is 0 Å². The van der Waals surface area contributed by atoms with Gasteiger partial charge in [-0.25, -0.2) is 0 Å². The molecule has 0 N–H and O–H groups in total. The molecule has 3 rings (SSSR count). The van der Waals surface area contributed by atoms with Gasteiger partial charge in [0, 0.05) is 12.3 Å². The molecule has 84 valence electrons. The van der Waals surface area contributed by atoms with E-state index in [0.29, 0.717) is 29.5 Å². The summed E-state index contributed by atoms with van der Waals surface area (Å²) in [6.07, 6.45) is 4.34. The SMILES string of the molecule is CC1(C)C[C@@H]2C(=O)C[C@@H]3O[C@]3(C)CC[C@H]21. The van der Waals surface area contributed by atoms with E-state index in [-0.39, 0.29) is 11.7 Å². The van der Waals surface area contributed by atoms with E-state index < -0.39 is 0 Å². The third-order valence-corrected chi connectivity index (χ3v) is 5.02. The normalized spacial score (nSPS) is 51.9. The fourth-order valence-electron chi connectivity index (χ4n) is 3.72. The zero-order valence-electron chi connectivity index (χ0n) is 9.88. The molecule has 0 spiro atoms. The summed E-state index contributed by atoms with van der Waals surface area (Å²) in [6, 6.07) is 0. The highest BCUT2D eigenvalue weighted by atomic mass is 16.6. The van der Waals surface area contributed by atoms with Crippen LogP contribution in [0.25, 0.3) is 0 Å². The van der Waals surface area contributed by atoms with Gasteiger partial charge in [0.05, 0.1) is 11.7 Å². The summed E-state index contributed by atoms with van der Waals surface area (Å²) in [7, 11) is 0. The molecule has 0 aromatic rings. The third kappa shape index (κ3) is 1.30. The van der Waals surface area contributed by atoms with Crippen molar-refractivity contribution in [2.45, 2.75) is 58.2 Å². The Hall–Kier alpha value is -0.370. The van der Waals surface area contributed by atoms with Crippen LogP contribution in [0.15, 0.2) is 0 Å². The number of hydrogen-bond acceptors (Lipinski definition) is 2. The maximum atomic E-state index is 12.0. The van der Waals surface area contributed by atoms with E-state index in [1.54, 1.807) is 0 Å². The lowest BCUT2D eigenvalue weighted by molar-refractivity contribution is -0.138. The molecule has 0 aromatic carbocycles. The molecule has 3 aliphatic rings. The van der Waals surface area contributed by atoms with Crippen LogP contribution in [0.2, 0.25) is 0 Å². The summed E-state index contributed by atoms with van der Waals surface area (Å²) in [6.45, 7) is 6.77. The molecule has 2 nitrogen and oxygen atoms in total. The number of epoxide rings is 1. The van der Waals surface area contributed by atoms with Gasteiger partial charge in [0.1, 0.15) is 5.78 Å². The Bertz CT molecular complexity index is 320. The van der Waals surface area contributed by atoms with E-state index in [1.165, 1.54) is 6.42 Å². The fourth-order valence-corrected chi connectivity index (χ4v) is 3.72. The lowest BCUT2D eigenvalue weighted by Crippen LogP contribution is -2.49. The quantitative estimate of drug-likeness (QED) is 0.573. The highest BCUT2D eigenvalue weighted by molar-refractivity contribution is 5.83. The molecule has 4 atom stereocenters. The van der Waals surface area contributed by atoms with Crippen LogP contribution in [0.3, 0.4) is 0 Å². The smallest absolute Gasteiger partial charge is 0.138 e. The first kappa shape index (κ1) is 9.83. The first-order valence-corrected chi connectivity index (χ1v) is 6.13. The van der Waals surface area contributed by atoms with Crippen LogP contribution in [-0.4, -0.2) is 17.5 Å². The molecular formula is C13H20O2. The Labute approximate surface area is 91.4 Å². The monoisotopic (exact) mass is 208 g/mol. The van der Waals surface area contributed by atoms with Crippen molar-refractivity contribution in [3.05, 3.63) is 0 Å². The molecule has 2 heteroatoms. The zero-order valence-corrected chi connectivity index (χ0v) is 9.88. The van der Waals surface area contributed by atoms with Crippen LogP contribution in [0.1, 0.15) is 46.5 Å². The lowest BCUT2D eigenvalue weighted by Gasteiger charge is -2.52. The van der Waals surface area contributed by atoms with Gasteiger partial charge in [-0.15, -0.1) is 0 Å². The van der Waals surface area contributed by atoms with Crippen LogP contribution in [0, 0.1) is 17.3 Å². The summed E-state index contributed by atoms with van der Waals surface area (Å²) in [5.41, 5.74) is 0.435. The van der Waals surface area contributed by atoms with Crippen molar-refractivity contribution < 1.29 is 9.53 Å². The van der Waals surface area contributed by atoms with Crippen molar-refractivity contribution in [2.75, 3.05) is 0 Å². The lowest BCUT2D eigenvalue weighted by atomic mass is 9.52. The number of carbonyl (C=O) groups is 1. The molecule has 0 amide bonds. The Kier molecular flexibility index (Phi) is 1.74. The van der Waals surface area contributed by atoms with Crippen LogP contribution >= 0.6 is 0 Å². The molecule has 2 saturated carbocycles. The molecule has 2 aliphatic carbocycles. The summed E-state index contributed by atoms with van der Waals surface area (Å²) < 4.78 is 5.67. The van der Waals surface area contributed by atoms with Gasteiger partial charge < -0.3 is 4.74 Å². The van der Waals surface area contributed by atoms with Gasteiger partial charge in [0.25, 0.3) is 0 Å². The van der Waals surface area contributed by atoms with Gasteiger partial charge in [-0.05, 0) is 37.5 Å². The van der Waals surface area contributed by atoms with E-state index in [1.807, 2.05) is 0 Å². The maximum Gasteiger partial charge on any atom is 0.138 e. The van der Waals surface area contributed by atoms with Gasteiger partial charge in [0.15, 0.2) is 0 Å². The van der Waals surface area contributed by atoms with Crippen molar-refractivity contribution in [1.29, 1.82) is 0 Å². The topological polar surface area (TPSA) is 29.6 Å². The first-order chi connectivity index (χ1) is 6.92. The molecule has 1 aliphatic heterocycles. The highest BCUT2D eigenvalue weighted by Gasteiger charge is 2.59. The Morgan fingerprint density at radius 2 is 2.07 bits per heavy atom. The average molecular weight is 208 g/mol. The van der Waals surface area contributed by atoms with Crippen LogP contribution in [-0.2, 0) is 9.53 Å². The molecule has 0 bridgehead atoms. The summed E-state index contributed by atoms with van der Waals surface area (Å²) in [5.74, 6) is 1.44. The largest absolute Gasteiger partial charge is 0.366 e. The number of rotatable bonds is 0. The summed E-state index contributed by atoms with van der Waals surface area (Å²) in [5, 5.41) is 0. The number of hydrogen-bond donors (Lipinski definition) is 0. The molecule has 1 heterocycles. The molecule has 15 heavy (non-hydrogen) atoms. The van der Waals surface area contributed by atoms with Crippen molar-refractivity contribution >= 4 is 5.78 Å². The second-order valence-electron chi connectivity index (χ2n) is 6.53. The first-order valence-electron chi connectivity index (χ1n) is 6.13. The molecule has 0 unspecified atom stereocenters. The zero-order chi connectivity index (χ0) is 10.8. The molecule has 1 saturated heterocycles. The van der Waals surface area contributed by atoms with Gasteiger partial charge in [-0.2, -0.15) is 0 Å². The minimum Gasteiger partial charge on any atom is -0.366 e. The Morgan fingerprint density at radius 3 is 2.73 bits per heavy atom. The van der Waals surface area contributed by atoms with E-state index in [4.69, 9.17) is 4.74 Å². The van der Waals surface area contributed by atoms with E-state index in [0.717, 1.165) is 12.8 Å². The minimum absolute atomic E-state index is 0.0479. The molecular weight excluding hydrogens is 188 g/mol. The molecule has 0 radical (unpaired) electrons.